The lowest BCUT2D eigenvalue weighted by Gasteiger charge is -2.30. The molecule has 0 radical (unpaired) electrons. The molecular formula is C45H62ClN7O7. The molecular weight excluding hydrogens is 786 g/mol. The Bertz CT molecular complexity index is 2020. The number of fused-ring (bicyclic) bond motifs is 1. The first-order valence-corrected chi connectivity index (χ1v) is 20.8. The number of amides is 1. The van der Waals surface area contributed by atoms with E-state index in [4.69, 9.17) is 25.5 Å². The molecule has 14 nitrogen and oxygen atoms in total. The van der Waals surface area contributed by atoms with Crippen molar-refractivity contribution >= 4 is 45.7 Å². The molecule has 0 aliphatic heterocycles. The molecule has 0 saturated carbocycles. The molecule has 0 fully saturated rings. The first-order chi connectivity index (χ1) is 28.6. The summed E-state index contributed by atoms with van der Waals surface area (Å²) in [6.07, 6.45) is 0. The average molecular weight is 848 g/mol. The van der Waals surface area contributed by atoms with Crippen LogP contribution >= 0.6 is 11.6 Å². The van der Waals surface area contributed by atoms with Gasteiger partial charge in [-0.2, -0.15) is 0 Å². The van der Waals surface area contributed by atoms with Gasteiger partial charge in [-0.15, -0.1) is 0 Å². The van der Waals surface area contributed by atoms with Crippen LogP contribution in [0.15, 0.2) is 81.5 Å². The van der Waals surface area contributed by atoms with Gasteiger partial charge in [-0.25, -0.2) is 0 Å². The molecule has 0 aliphatic rings. The van der Waals surface area contributed by atoms with Crippen molar-refractivity contribution in [3.8, 4) is 22.8 Å². The zero-order valence-corrected chi connectivity index (χ0v) is 37.0. The molecule has 1 amide bonds. The average Bonchev–Trinajstić information content (AvgIpc) is 3.62. The zero-order valence-electron chi connectivity index (χ0n) is 36.2. The van der Waals surface area contributed by atoms with Crippen molar-refractivity contribution in [3.63, 3.8) is 0 Å². The molecule has 5 N–H and O–H groups in total. The summed E-state index contributed by atoms with van der Waals surface area (Å²) >= 11 is 6.38. The number of halogens is 1. The number of carbonyl (C=O) groups is 2. The highest BCUT2D eigenvalue weighted by atomic mass is 35.5. The van der Waals surface area contributed by atoms with Crippen LogP contribution in [0.25, 0.3) is 22.3 Å². The first kappa shape index (κ1) is 47.7. The van der Waals surface area contributed by atoms with Crippen LogP contribution < -0.4 is 25.4 Å². The van der Waals surface area contributed by atoms with Crippen molar-refractivity contribution in [3.05, 3.63) is 82.9 Å². The number of nitrogens with one attached hydrogen (secondary N) is 3. The third-order valence-electron chi connectivity index (χ3n) is 10.9. The third-order valence-corrected chi connectivity index (χ3v) is 11.1. The molecule has 0 atom stereocenters. The molecule has 4 aromatic rings. The van der Waals surface area contributed by atoms with Crippen molar-refractivity contribution in [1.82, 2.24) is 25.8 Å². The van der Waals surface area contributed by atoms with Crippen LogP contribution in [-0.4, -0.2) is 127 Å². The number of hydrogen-bond acceptors (Lipinski definition) is 13. The highest BCUT2D eigenvalue weighted by Crippen LogP contribution is 2.37. The molecule has 326 valence electrons. The molecule has 0 aliphatic carbocycles. The predicted molar refractivity (Wildman–Crippen MR) is 239 cm³/mol. The van der Waals surface area contributed by atoms with Gasteiger partial charge in [-0.1, -0.05) is 35.8 Å². The van der Waals surface area contributed by atoms with E-state index in [1.807, 2.05) is 27.7 Å². The fourth-order valence-electron chi connectivity index (χ4n) is 6.33. The minimum atomic E-state index is -0.493. The Labute approximate surface area is 358 Å². The number of ketones is 1. The van der Waals surface area contributed by atoms with Gasteiger partial charge in [0.15, 0.2) is 12.4 Å². The summed E-state index contributed by atoms with van der Waals surface area (Å²) in [5.41, 5.74) is 2.23. The van der Waals surface area contributed by atoms with Gasteiger partial charge in [0.05, 0.1) is 28.1 Å². The number of carbonyl (C=O) groups excluding carboxylic acids is 2. The minimum absolute atomic E-state index is 0.188. The van der Waals surface area contributed by atoms with Crippen LogP contribution in [0.2, 0.25) is 5.02 Å². The van der Waals surface area contributed by atoms with Crippen molar-refractivity contribution < 1.29 is 33.9 Å². The predicted octanol–water partition coefficient (Wildman–Crippen LogP) is 6.94. The molecule has 0 spiro atoms. The molecule has 0 saturated heterocycles. The topological polar surface area (TPSA) is 173 Å². The summed E-state index contributed by atoms with van der Waals surface area (Å²) in [4.78, 5) is 31.4. The number of benzene rings is 3. The van der Waals surface area contributed by atoms with Gasteiger partial charge in [-0.3, -0.25) is 14.5 Å². The van der Waals surface area contributed by atoms with Gasteiger partial charge in [0.1, 0.15) is 29.4 Å². The zero-order chi connectivity index (χ0) is 43.9. The highest BCUT2D eigenvalue weighted by Gasteiger charge is 2.25. The number of rotatable bonds is 25. The summed E-state index contributed by atoms with van der Waals surface area (Å²) in [6.45, 7) is 22.2. The second kappa shape index (κ2) is 22.6. The quantitative estimate of drug-likeness (QED) is 0.0203. The Balaban J connectivity index is 1.37. The summed E-state index contributed by atoms with van der Waals surface area (Å²) in [5.74, 6) is 1.08. The molecule has 60 heavy (non-hydrogen) atoms. The normalized spacial score (nSPS) is 12.7. The van der Waals surface area contributed by atoms with Crippen LogP contribution in [0.1, 0.15) is 71.3 Å². The smallest absolute Gasteiger partial charge is 0.257 e. The second-order valence-corrected chi connectivity index (χ2v) is 16.1. The Kier molecular flexibility index (Phi) is 17.9. The van der Waals surface area contributed by atoms with Gasteiger partial charge in [0.2, 0.25) is 0 Å². The maximum absolute atomic E-state index is 14.1. The largest absolute Gasteiger partial charge is 0.492 e. The van der Waals surface area contributed by atoms with E-state index in [1.165, 1.54) is 0 Å². The van der Waals surface area contributed by atoms with Crippen molar-refractivity contribution in [2.75, 3.05) is 72.1 Å². The Morgan fingerprint density at radius 1 is 0.750 bits per heavy atom. The fraction of sp³-hybridized carbons (Fsp3) is 0.467. The molecule has 1 aromatic heterocycles. The van der Waals surface area contributed by atoms with Crippen LogP contribution in [-0.2, 0) is 4.79 Å². The van der Waals surface area contributed by atoms with Gasteiger partial charge in [-0.05, 0) is 121 Å². The van der Waals surface area contributed by atoms with Crippen LogP contribution in [0.5, 0.6) is 11.5 Å². The van der Waals surface area contributed by atoms with Gasteiger partial charge in [0, 0.05) is 67.3 Å². The monoisotopic (exact) mass is 847 g/mol. The van der Waals surface area contributed by atoms with Gasteiger partial charge < -0.3 is 45.2 Å². The number of hydrogen-bond donors (Lipinski definition) is 5. The summed E-state index contributed by atoms with van der Waals surface area (Å²) < 4.78 is 18.0. The van der Waals surface area contributed by atoms with Crippen molar-refractivity contribution in [1.29, 1.82) is 0 Å². The van der Waals surface area contributed by atoms with E-state index in [0.717, 1.165) is 19.6 Å². The molecule has 0 bridgehead atoms. The van der Waals surface area contributed by atoms with Gasteiger partial charge in [0.25, 0.3) is 5.91 Å². The van der Waals surface area contributed by atoms with E-state index >= 15 is 0 Å². The van der Waals surface area contributed by atoms with Crippen molar-refractivity contribution in [2.24, 2.45) is 10.3 Å². The SMILES string of the molecule is CCN(CC)CCOc1ccc(C(=O)c2c(-c3ccc(OCC(=O)NCCN(CCNC(C)(C)/C(C)=N\O)CCNC(C)(C)/C(C)=N\O)cc3)oc3ccc(Cl)cc23)cc1. The van der Waals surface area contributed by atoms with E-state index in [9.17, 15) is 20.0 Å². The summed E-state index contributed by atoms with van der Waals surface area (Å²) in [7, 11) is 0. The third kappa shape index (κ3) is 13.5. The molecule has 1 heterocycles. The van der Waals surface area contributed by atoms with E-state index in [0.29, 0.717) is 107 Å². The lowest BCUT2D eigenvalue weighted by molar-refractivity contribution is -0.123. The Morgan fingerprint density at radius 2 is 1.30 bits per heavy atom. The summed E-state index contributed by atoms with van der Waals surface area (Å²) in [6, 6.07) is 19.4. The van der Waals surface area contributed by atoms with E-state index in [2.05, 4.69) is 49.9 Å². The number of ether oxygens (including phenoxy) is 2. The number of nitrogens with zero attached hydrogens (tertiary/aromatic N) is 4. The fourth-order valence-corrected chi connectivity index (χ4v) is 6.50. The molecule has 15 heteroatoms. The van der Waals surface area contributed by atoms with E-state index < -0.39 is 11.1 Å². The lowest BCUT2D eigenvalue weighted by atomic mass is 9.97. The Hall–Kier alpha value is -4.99. The first-order valence-electron chi connectivity index (χ1n) is 20.4. The van der Waals surface area contributed by atoms with Crippen LogP contribution in [0.4, 0.5) is 0 Å². The van der Waals surface area contributed by atoms with Crippen LogP contribution in [0, 0.1) is 0 Å². The molecule has 3 aromatic carbocycles. The second-order valence-electron chi connectivity index (χ2n) is 15.7. The van der Waals surface area contributed by atoms with Crippen LogP contribution in [0.3, 0.4) is 0 Å². The molecule has 4 rings (SSSR count). The number of oxime groups is 2. The number of furan rings is 1. The molecule has 0 unspecified atom stereocenters. The Morgan fingerprint density at radius 3 is 1.87 bits per heavy atom. The maximum atomic E-state index is 14.1. The minimum Gasteiger partial charge on any atom is -0.492 e. The maximum Gasteiger partial charge on any atom is 0.257 e. The highest BCUT2D eigenvalue weighted by molar-refractivity contribution is 6.32. The van der Waals surface area contributed by atoms with E-state index in [-0.39, 0.29) is 18.3 Å². The lowest BCUT2D eigenvalue weighted by Crippen LogP contribution is -2.51. The van der Waals surface area contributed by atoms with Gasteiger partial charge >= 0.3 is 0 Å². The van der Waals surface area contributed by atoms with Crippen molar-refractivity contribution in [2.45, 2.75) is 66.5 Å². The van der Waals surface area contributed by atoms with E-state index in [1.54, 1.807) is 80.6 Å². The standard InChI is InChI=1S/C45H62ClN7O7/c1-9-52(10-2)27-28-58-36-16-11-33(12-17-36)42(55)41-38-29-35(46)15-20-39(38)60-43(41)34-13-18-37(19-14-34)59-30-40(54)47-21-24-53(25-22-48-44(5,6)31(3)50-56)26-23-49-45(7,8)32(4)51-57/h11-20,29,48-49,56-57H,9-10,21-28,30H2,1-8H3,(H,47,54)/b50-31-,51-32-. The summed E-state index contributed by atoms with van der Waals surface area (Å²) in [5, 5.41) is 36.1. The number of likely N-dealkylation sites (N-methyl/N-ethyl adjacent to an activating group) is 1.